The van der Waals surface area contributed by atoms with Crippen molar-refractivity contribution in [2.45, 2.75) is 31.6 Å². The Labute approximate surface area is 169 Å². The molecule has 1 fully saturated rings. The first-order valence-corrected chi connectivity index (χ1v) is 11.7. The zero-order valence-electron chi connectivity index (χ0n) is 16.6. The molecule has 1 saturated heterocycles. The van der Waals surface area contributed by atoms with E-state index in [9.17, 15) is 13.2 Å². The second-order valence-electron chi connectivity index (χ2n) is 7.70. The van der Waals surface area contributed by atoms with Crippen LogP contribution < -0.4 is 10.9 Å². The Kier molecular flexibility index (Phi) is 5.23. The SMILES string of the molecule is Cc1cc(-c2cc(CS(C)(=O)=O)ccc2NC2CCOCC2)n2cc[nH]c(=O)c12. The Bertz CT molecular complexity index is 1200. The molecule has 3 aromatic rings. The molecule has 3 heterocycles. The maximum atomic E-state index is 12.3. The summed E-state index contributed by atoms with van der Waals surface area (Å²) < 4.78 is 31.0. The van der Waals surface area contributed by atoms with Crippen LogP contribution in [-0.2, 0) is 20.3 Å². The molecule has 0 amide bonds. The molecule has 0 unspecified atom stereocenters. The molecule has 0 spiro atoms. The molecule has 0 aliphatic carbocycles. The van der Waals surface area contributed by atoms with Gasteiger partial charge in [0.1, 0.15) is 5.52 Å². The number of benzene rings is 1. The van der Waals surface area contributed by atoms with Crippen molar-refractivity contribution in [3.8, 4) is 11.3 Å². The van der Waals surface area contributed by atoms with Gasteiger partial charge in [0.05, 0.1) is 11.4 Å². The van der Waals surface area contributed by atoms with Crippen LogP contribution in [0.2, 0.25) is 0 Å². The van der Waals surface area contributed by atoms with Gasteiger partial charge < -0.3 is 19.4 Å². The molecule has 0 saturated carbocycles. The van der Waals surface area contributed by atoms with Crippen molar-refractivity contribution in [1.82, 2.24) is 9.38 Å². The van der Waals surface area contributed by atoms with Crippen LogP contribution in [0.3, 0.4) is 0 Å². The van der Waals surface area contributed by atoms with Crippen LogP contribution in [0.5, 0.6) is 0 Å². The van der Waals surface area contributed by atoms with Crippen molar-refractivity contribution in [3.63, 3.8) is 0 Å². The number of sulfone groups is 1. The molecule has 0 atom stereocenters. The van der Waals surface area contributed by atoms with E-state index in [-0.39, 0.29) is 11.3 Å². The van der Waals surface area contributed by atoms with E-state index in [1.54, 1.807) is 6.20 Å². The number of aryl methyl sites for hydroxylation is 1. The highest BCUT2D eigenvalue weighted by molar-refractivity contribution is 7.89. The number of hydrogen-bond acceptors (Lipinski definition) is 5. The predicted octanol–water partition coefficient (Wildman–Crippen LogP) is 2.74. The standard InChI is InChI=1S/C21H25N3O4S/c1-14-11-19(24-8-7-22-21(25)20(14)24)17-12-15(13-29(2,26)27)3-4-18(17)23-16-5-9-28-10-6-16/h3-4,7-8,11-12,16,23H,5-6,9-10,13H2,1-2H3,(H,22,25). The zero-order chi connectivity index (χ0) is 20.6. The van der Waals surface area contributed by atoms with E-state index < -0.39 is 9.84 Å². The first-order chi connectivity index (χ1) is 13.8. The third-order valence-corrected chi connectivity index (χ3v) is 6.11. The average molecular weight is 416 g/mol. The highest BCUT2D eigenvalue weighted by atomic mass is 32.2. The monoisotopic (exact) mass is 415 g/mol. The number of aromatic amines is 1. The lowest BCUT2D eigenvalue weighted by Crippen LogP contribution is -2.28. The molecule has 4 rings (SSSR count). The molecule has 1 aromatic carbocycles. The van der Waals surface area contributed by atoms with Crippen molar-refractivity contribution in [2.24, 2.45) is 0 Å². The van der Waals surface area contributed by atoms with Gasteiger partial charge in [-0.05, 0) is 49.1 Å². The van der Waals surface area contributed by atoms with Crippen molar-refractivity contribution >= 4 is 21.0 Å². The molecule has 1 aliphatic heterocycles. The number of ether oxygens (including phenoxy) is 1. The molecular formula is C21H25N3O4S. The van der Waals surface area contributed by atoms with Gasteiger partial charge in [-0.1, -0.05) is 6.07 Å². The van der Waals surface area contributed by atoms with Crippen molar-refractivity contribution in [1.29, 1.82) is 0 Å². The number of anilines is 1. The first kappa shape index (κ1) is 19.7. The first-order valence-electron chi connectivity index (χ1n) is 9.66. The molecule has 1 aliphatic rings. The second-order valence-corrected chi connectivity index (χ2v) is 9.84. The summed E-state index contributed by atoms with van der Waals surface area (Å²) >= 11 is 0. The van der Waals surface area contributed by atoms with Gasteiger partial charge in [-0.15, -0.1) is 0 Å². The van der Waals surface area contributed by atoms with Crippen LogP contribution in [0.15, 0.2) is 41.5 Å². The van der Waals surface area contributed by atoms with Gasteiger partial charge in [0.15, 0.2) is 9.84 Å². The molecule has 2 N–H and O–H groups in total. The topological polar surface area (TPSA) is 92.7 Å². The summed E-state index contributed by atoms with van der Waals surface area (Å²) in [4.78, 5) is 15.0. The highest BCUT2D eigenvalue weighted by Crippen LogP contribution is 2.33. The Hall–Kier alpha value is -2.58. The van der Waals surface area contributed by atoms with Crippen LogP contribution >= 0.6 is 0 Å². The van der Waals surface area contributed by atoms with Crippen LogP contribution in [0, 0.1) is 6.92 Å². The maximum absolute atomic E-state index is 12.3. The van der Waals surface area contributed by atoms with E-state index in [1.807, 2.05) is 41.8 Å². The summed E-state index contributed by atoms with van der Waals surface area (Å²) in [7, 11) is -3.16. The largest absolute Gasteiger partial charge is 0.382 e. The number of H-pyrrole nitrogens is 1. The molecule has 8 heteroatoms. The molecule has 154 valence electrons. The minimum absolute atomic E-state index is 0.0274. The van der Waals surface area contributed by atoms with Gasteiger partial charge >= 0.3 is 0 Å². The minimum Gasteiger partial charge on any atom is -0.382 e. The molecule has 29 heavy (non-hydrogen) atoms. The van der Waals surface area contributed by atoms with E-state index in [0.717, 1.165) is 54.1 Å². The third-order valence-electron chi connectivity index (χ3n) is 5.25. The van der Waals surface area contributed by atoms with E-state index in [1.165, 1.54) is 6.26 Å². The van der Waals surface area contributed by atoms with E-state index in [0.29, 0.717) is 11.6 Å². The number of aromatic nitrogens is 2. The van der Waals surface area contributed by atoms with Gasteiger partial charge in [0, 0.05) is 49.2 Å². The fourth-order valence-electron chi connectivity index (χ4n) is 3.94. The van der Waals surface area contributed by atoms with Gasteiger partial charge in [0.2, 0.25) is 0 Å². The Balaban J connectivity index is 1.85. The zero-order valence-corrected chi connectivity index (χ0v) is 17.4. The smallest absolute Gasteiger partial charge is 0.272 e. The van der Waals surface area contributed by atoms with Crippen LogP contribution in [0.25, 0.3) is 16.8 Å². The summed E-state index contributed by atoms with van der Waals surface area (Å²) in [6.45, 7) is 3.35. The number of hydrogen-bond donors (Lipinski definition) is 2. The average Bonchev–Trinajstić information content (AvgIpc) is 3.00. The van der Waals surface area contributed by atoms with Crippen molar-refractivity contribution < 1.29 is 13.2 Å². The lowest BCUT2D eigenvalue weighted by molar-refractivity contribution is 0.0904. The van der Waals surface area contributed by atoms with Crippen LogP contribution in [0.1, 0.15) is 24.0 Å². The lowest BCUT2D eigenvalue weighted by atomic mass is 10.0. The second kappa shape index (κ2) is 7.68. The molecular weight excluding hydrogens is 390 g/mol. The van der Waals surface area contributed by atoms with E-state index in [2.05, 4.69) is 10.3 Å². The summed E-state index contributed by atoms with van der Waals surface area (Å²) in [6, 6.07) is 7.96. The normalized spacial score (nSPS) is 15.7. The van der Waals surface area contributed by atoms with Crippen molar-refractivity contribution in [3.05, 3.63) is 58.1 Å². The molecule has 7 nitrogen and oxygen atoms in total. The lowest BCUT2D eigenvalue weighted by Gasteiger charge is -2.25. The number of nitrogens with one attached hydrogen (secondary N) is 2. The predicted molar refractivity (Wildman–Crippen MR) is 114 cm³/mol. The van der Waals surface area contributed by atoms with Crippen molar-refractivity contribution in [2.75, 3.05) is 24.8 Å². The summed E-state index contributed by atoms with van der Waals surface area (Å²) in [5.41, 5.74) is 4.69. The Morgan fingerprint density at radius 2 is 2.00 bits per heavy atom. The summed E-state index contributed by atoms with van der Waals surface area (Å²) in [5, 5.41) is 3.60. The fraction of sp³-hybridized carbons (Fsp3) is 0.381. The third kappa shape index (κ3) is 4.23. The Morgan fingerprint density at radius 1 is 1.24 bits per heavy atom. The van der Waals surface area contributed by atoms with Crippen LogP contribution in [-0.4, -0.2) is 43.3 Å². The molecule has 2 aromatic heterocycles. The summed E-state index contributed by atoms with van der Waals surface area (Å²) in [5.74, 6) is -0.0274. The fourth-order valence-corrected chi connectivity index (χ4v) is 4.73. The maximum Gasteiger partial charge on any atom is 0.272 e. The quantitative estimate of drug-likeness (QED) is 0.668. The molecule has 0 bridgehead atoms. The van der Waals surface area contributed by atoms with E-state index in [4.69, 9.17) is 4.74 Å². The number of nitrogens with zero attached hydrogens (tertiary/aromatic N) is 1. The minimum atomic E-state index is -3.16. The molecule has 0 radical (unpaired) electrons. The van der Waals surface area contributed by atoms with E-state index >= 15 is 0 Å². The number of rotatable bonds is 5. The summed E-state index contributed by atoms with van der Waals surface area (Å²) in [6.07, 6.45) is 6.50. The van der Waals surface area contributed by atoms with Gasteiger partial charge in [0.25, 0.3) is 5.56 Å². The Morgan fingerprint density at radius 3 is 2.72 bits per heavy atom. The van der Waals surface area contributed by atoms with Gasteiger partial charge in [-0.2, -0.15) is 0 Å². The highest BCUT2D eigenvalue weighted by Gasteiger charge is 2.19. The van der Waals surface area contributed by atoms with Crippen LogP contribution in [0.4, 0.5) is 5.69 Å². The van der Waals surface area contributed by atoms with Gasteiger partial charge in [-0.25, -0.2) is 8.42 Å². The number of fused-ring (bicyclic) bond motifs is 1. The van der Waals surface area contributed by atoms with Gasteiger partial charge in [-0.3, -0.25) is 4.79 Å².